The van der Waals surface area contributed by atoms with E-state index < -0.39 is 10.0 Å². The summed E-state index contributed by atoms with van der Waals surface area (Å²) in [6, 6.07) is 6.37. The molecule has 1 radical (unpaired) electrons. The lowest BCUT2D eigenvalue weighted by Gasteiger charge is -1.98. The number of phenolic OH excluding ortho intramolecular Hbond substituents is 1. The predicted molar refractivity (Wildman–Crippen MR) is 38.3 cm³/mol. The van der Waals surface area contributed by atoms with Crippen molar-refractivity contribution in [2.24, 2.45) is 5.14 Å². The van der Waals surface area contributed by atoms with Crippen molar-refractivity contribution in [3.63, 3.8) is 0 Å². The van der Waals surface area contributed by atoms with Crippen molar-refractivity contribution < 1.29 is 13.5 Å². The van der Waals surface area contributed by atoms with E-state index in [0.29, 0.717) is 0 Å². The first-order valence-electron chi connectivity index (χ1n) is 2.74. The van der Waals surface area contributed by atoms with Crippen LogP contribution < -0.4 is 5.14 Å². The second-order valence-electron chi connectivity index (χ2n) is 1.93. The maximum absolute atomic E-state index is 10.6. The van der Waals surface area contributed by atoms with Crippen molar-refractivity contribution in [3.05, 3.63) is 24.3 Å². The van der Waals surface area contributed by atoms with Crippen LogP contribution in [0.2, 0.25) is 0 Å². The summed E-state index contributed by atoms with van der Waals surface area (Å²) in [5.41, 5.74) is 0. The Labute approximate surface area is 64.3 Å². The molecule has 0 heterocycles. The fourth-order valence-corrected chi connectivity index (χ4v) is 1.23. The van der Waals surface area contributed by atoms with Crippen LogP contribution in [0, 0.1) is 6.07 Å². The lowest BCUT2D eigenvalue weighted by Crippen LogP contribution is -2.12. The molecule has 0 saturated heterocycles. The molecule has 0 aromatic heterocycles. The maximum atomic E-state index is 10.6. The number of phenols is 1. The molecule has 1 aromatic rings. The third kappa shape index (κ3) is 1.69. The molecule has 0 spiro atoms. The van der Waals surface area contributed by atoms with Crippen LogP contribution in [0.1, 0.15) is 0 Å². The molecule has 0 fully saturated rings. The first-order valence-corrected chi connectivity index (χ1v) is 4.29. The van der Waals surface area contributed by atoms with E-state index in [1.807, 2.05) is 0 Å². The quantitative estimate of drug-likeness (QED) is 0.617. The molecule has 0 bridgehead atoms. The summed E-state index contributed by atoms with van der Waals surface area (Å²) in [5, 5.41) is 13.7. The summed E-state index contributed by atoms with van der Waals surface area (Å²) >= 11 is 0. The van der Waals surface area contributed by atoms with Crippen LogP contribution in [0.15, 0.2) is 23.1 Å². The van der Waals surface area contributed by atoms with Crippen molar-refractivity contribution in [1.82, 2.24) is 0 Å². The highest BCUT2D eigenvalue weighted by atomic mass is 32.2. The Hall–Kier alpha value is -1.07. The van der Waals surface area contributed by atoms with E-state index >= 15 is 0 Å². The van der Waals surface area contributed by atoms with Crippen molar-refractivity contribution in [2.45, 2.75) is 4.90 Å². The number of benzene rings is 1. The van der Waals surface area contributed by atoms with E-state index in [-0.39, 0.29) is 10.6 Å². The molecule has 3 N–H and O–H groups in total. The molecule has 1 rings (SSSR count). The van der Waals surface area contributed by atoms with Gasteiger partial charge < -0.3 is 5.11 Å². The Balaban J connectivity index is 3.37. The molecule has 0 aliphatic carbocycles. The van der Waals surface area contributed by atoms with Crippen LogP contribution in [-0.2, 0) is 10.0 Å². The second kappa shape index (κ2) is 2.52. The molecular formula is C6H6NO3S. The van der Waals surface area contributed by atoms with E-state index in [1.165, 1.54) is 18.2 Å². The zero-order chi connectivity index (χ0) is 8.48. The van der Waals surface area contributed by atoms with Gasteiger partial charge in [-0.15, -0.1) is 0 Å². The van der Waals surface area contributed by atoms with Crippen LogP contribution in [0.25, 0.3) is 0 Å². The number of hydrogen-bond donors (Lipinski definition) is 2. The lowest BCUT2D eigenvalue weighted by molar-refractivity contribution is 0.458. The number of nitrogens with two attached hydrogens (primary N) is 1. The van der Waals surface area contributed by atoms with E-state index in [4.69, 9.17) is 10.2 Å². The molecule has 0 saturated carbocycles. The summed E-state index contributed by atoms with van der Waals surface area (Å²) in [4.78, 5) is -0.375. The van der Waals surface area contributed by atoms with Gasteiger partial charge in [-0.25, -0.2) is 13.6 Å². The Morgan fingerprint density at radius 3 is 2.55 bits per heavy atom. The van der Waals surface area contributed by atoms with Crippen molar-refractivity contribution in [2.75, 3.05) is 0 Å². The van der Waals surface area contributed by atoms with Gasteiger partial charge in [-0.1, -0.05) is 12.1 Å². The topological polar surface area (TPSA) is 80.4 Å². The molecule has 59 valence electrons. The fourth-order valence-electron chi connectivity index (χ4n) is 0.641. The van der Waals surface area contributed by atoms with Gasteiger partial charge in [-0.2, -0.15) is 0 Å². The normalized spacial score (nSPS) is 11.4. The van der Waals surface area contributed by atoms with Gasteiger partial charge in [-0.3, -0.25) is 0 Å². The van der Waals surface area contributed by atoms with E-state index in [2.05, 4.69) is 6.07 Å². The van der Waals surface area contributed by atoms with Gasteiger partial charge in [0.15, 0.2) is 0 Å². The number of rotatable bonds is 1. The molecule has 1 aromatic carbocycles. The van der Waals surface area contributed by atoms with Gasteiger partial charge in [0, 0.05) is 6.07 Å². The Morgan fingerprint density at radius 1 is 1.55 bits per heavy atom. The van der Waals surface area contributed by atoms with Gasteiger partial charge >= 0.3 is 0 Å². The summed E-state index contributed by atoms with van der Waals surface area (Å²) in [6.07, 6.45) is 0. The highest BCUT2D eigenvalue weighted by Crippen LogP contribution is 2.18. The van der Waals surface area contributed by atoms with Gasteiger partial charge in [-0.05, 0) is 6.07 Å². The van der Waals surface area contributed by atoms with Crippen molar-refractivity contribution in [3.8, 4) is 5.75 Å². The Bertz CT molecular complexity index is 358. The number of aromatic hydroxyl groups is 1. The van der Waals surface area contributed by atoms with Crippen molar-refractivity contribution in [1.29, 1.82) is 0 Å². The molecule has 0 aliphatic heterocycles. The minimum absolute atomic E-state index is 0.375. The molecular weight excluding hydrogens is 166 g/mol. The number of hydrogen-bond acceptors (Lipinski definition) is 3. The molecule has 5 heteroatoms. The van der Waals surface area contributed by atoms with E-state index in [9.17, 15) is 8.42 Å². The minimum atomic E-state index is -3.84. The Morgan fingerprint density at radius 2 is 2.18 bits per heavy atom. The summed E-state index contributed by atoms with van der Waals surface area (Å²) in [5.74, 6) is -0.380. The molecule has 0 amide bonds. The van der Waals surface area contributed by atoms with Crippen LogP contribution in [0.3, 0.4) is 0 Å². The summed E-state index contributed by atoms with van der Waals surface area (Å²) < 4.78 is 21.3. The van der Waals surface area contributed by atoms with Crippen LogP contribution in [-0.4, -0.2) is 13.5 Å². The van der Waals surface area contributed by atoms with Crippen LogP contribution in [0.4, 0.5) is 0 Å². The lowest BCUT2D eigenvalue weighted by atomic mass is 10.3. The SMILES string of the molecule is NS(=O)(=O)c1[c]cccc1O. The molecule has 0 aliphatic rings. The van der Waals surface area contributed by atoms with Gasteiger partial charge in [0.25, 0.3) is 0 Å². The Kier molecular flexibility index (Phi) is 1.84. The standard InChI is InChI=1S/C6H6NO3S/c7-11(9,10)6-4-2-1-3-5(6)8/h1-3,8H,(H2,7,9,10). The first-order chi connectivity index (χ1) is 5.02. The number of sulfonamides is 1. The van der Waals surface area contributed by atoms with E-state index in [0.717, 1.165) is 0 Å². The fraction of sp³-hybridized carbons (Fsp3) is 0. The van der Waals surface area contributed by atoms with E-state index in [1.54, 1.807) is 0 Å². The molecule has 0 unspecified atom stereocenters. The monoisotopic (exact) mass is 172 g/mol. The van der Waals surface area contributed by atoms with Gasteiger partial charge in [0.2, 0.25) is 10.0 Å². The third-order valence-corrected chi connectivity index (χ3v) is 1.98. The maximum Gasteiger partial charge on any atom is 0.242 e. The molecule has 11 heavy (non-hydrogen) atoms. The first kappa shape index (κ1) is 8.03. The van der Waals surface area contributed by atoms with Crippen LogP contribution in [0.5, 0.6) is 5.75 Å². The average Bonchev–Trinajstić information content (AvgIpc) is 1.86. The van der Waals surface area contributed by atoms with Crippen LogP contribution >= 0.6 is 0 Å². The van der Waals surface area contributed by atoms with Crippen molar-refractivity contribution >= 4 is 10.0 Å². The third-order valence-electron chi connectivity index (χ3n) is 1.08. The molecule has 0 atom stereocenters. The zero-order valence-electron chi connectivity index (χ0n) is 5.48. The smallest absolute Gasteiger partial charge is 0.242 e. The van der Waals surface area contributed by atoms with Gasteiger partial charge in [0.05, 0.1) is 0 Å². The minimum Gasteiger partial charge on any atom is -0.507 e. The number of primary sulfonamides is 1. The zero-order valence-corrected chi connectivity index (χ0v) is 6.30. The predicted octanol–water partition coefficient (Wildman–Crippen LogP) is -0.160. The summed E-state index contributed by atoms with van der Waals surface area (Å²) in [7, 11) is -3.84. The second-order valence-corrected chi connectivity index (χ2v) is 3.43. The largest absolute Gasteiger partial charge is 0.507 e. The van der Waals surface area contributed by atoms with Gasteiger partial charge in [0.1, 0.15) is 10.6 Å². The highest BCUT2D eigenvalue weighted by Gasteiger charge is 2.11. The summed E-state index contributed by atoms with van der Waals surface area (Å²) in [6.45, 7) is 0. The average molecular weight is 172 g/mol. The highest BCUT2D eigenvalue weighted by molar-refractivity contribution is 7.89. The molecule has 4 nitrogen and oxygen atoms in total.